The van der Waals surface area contributed by atoms with Crippen LogP contribution in [0, 0.1) is 5.92 Å². The van der Waals surface area contributed by atoms with Gasteiger partial charge in [-0.05, 0) is 48.5 Å². The zero-order valence-electron chi connectivity index (χ0n) is 16.1. The predicted octanol–water partition coefficient (Wildman–Crippen LogP) is 1.91. The molecule has 0 bridgehead atoms. The first kappa shape index (κ1) is 21.7. The molecule has 3 rings (SSSR count). The summed E-state index contributed by atoms with van der Waals surface area (Å²) in [7, 11) is 0. The highest BCUT2D eigenvalue weighted by molar-refractivity contribution is 6.33. The Bertz CT molecular complexity index is 1080. The van der Waals surface area contributed by atoms with Crippen LogP contribution in [-0.4, -0.2) is 35.9 Å². The number of imide groups is 2. The van der Waals surface area contributed by atoms with Gasteiger partial charge in [-0.1, -0.05) is 11.6 Å². The van der Waals surface area contributed by atoms with E-state index in [1.165, 1.54) is 55.5 Å². The van der Waals surface area contributed by atoms with Crippen molar-refractivity contribution in [2.45, 2.75) is 6.92 Å². The fourth-order valence-electron chi connectivity index (χ4n) is 2.70. The van der Waals surface area contributed by atoms with Gasteiger partial charge in [-0.3, -0.25) is 24.5 Å². The number of rotatable bonds is 5. The first-order valence-electron chi connectivity index (χ1n) is 8.92. The Hall–Kier alpha value is -4.05. The van der Waals surface area contributed by atoms with Gasteiger partial charge in [0, 0.05) is 29.4 Å². The van der Waals surface area contributed by atoms with Gasteiger partial charge in [-0.2, -0.15) is 5.10 Å². The van der Waals surface area contributed by atoms with E-state index < -0.39 is 29.7 Å². The molecule has 31 heavy (non-hydrogen) atoms. The summed E-state index contributed by atoms with van der Waals surface area (Å²) in [6.45, 7) is 1.36. The van der Waals surface area contributed by atoms with Crippen LogP contribution in [0.5, 0.6) is 0 Å². The minimum atomic E-state index is -1.42. The number of urea groups is 1. The van der Waals surface area contributed by atoms with E-state index in [-0.39, 0.29) is 17.2 Å². The van der Waals surface area contributed by atoms with Crippen molar-refractivity contribution in [3.05, 3.63) is 59.1 Å². The lowest BCUT2D eigenvalue weighted by Crippen LogP contribution is -2.58. The fourth-order valence-corrected chi connectivity index (χ4v) is 2.83. The molecule has 1 aliphatic rings. The molecule has 0 aromatic heterocycles. The van der Waals surface area contributed by atoms with E-state index in [4.69, 9.17) is 11.6 Å². The van der Waals surface area contributed by atoms with Gasteiger partial charge in [0.2, 0.25) is 11.8 Å². The SMILES string of the molecule is CC(=O)Nc1ccc(C(=O)N/N=C\[C@H]2C(=O)NC(=O)N(c3ccc(Cl)cc3)C2=O)cc1. The molecule has 2 aromatic rings. The van der Waals surface area contributed by atoms with Crippen LogP contribution in [0.15, 0.2) is 53.6 Å². The Morgan fingerprint density at radius 1 is 1.06 bits per heavy atom. The standard InChI is InChI=1S/C20H16ClN5O5/c1-11(27)23-14-6-2-12(3-7-14)17(28)25-22-10-16-18(29)24-20(31)26(19(16)30)15-8-4-13(21)5-9-15/h2-10,16H,1H3,(H,23,27)(H,25,28)(H,24,29,31)/b22-10-/t16-/m0/s1. The number of hydrogen-bond acceptors (Lipinski definition) is 6. The molecule has 0 unspecified atom stereocenters. The summed E-state index contributed by atoms with van der Waals surface area (Å²) in [6, 6.07) is 11.0. The second kappa shape index (κ2) is 9.18. The van der Waals surface area contributed by atoms with E-state index >= 15 is 0 Å². The molecule has 158 valence electrons. The highest BCUT2D eigenvalue weighted by Crippen LogP contribution is 2.22. The van der Waals surface area contributed by atoms with Gasteiger partial charge >= 0.3 is 6.03 Å². The molecular formula is C20H16ClN5O5. The topological polar surface area (TPSA) is 137 Å². The van der Waals surface area contributed by atoms with Crippen LogP contribution >= 0.6 is 11.6 Å². The van der Waals surface area contributed by atoms with Crippen LogP contribution in [-0.2, 0) is 14.4 Å². The van der Waals surface area contributed by atoms with Crippen molar-refractivity contribution in [2.24, 2.45) is 11.0 Å². The largest absolute Gasteiger partial charge is 0.335 e. The number of hydrogen-bond donors (Lipinski definition) is 3. The zero-order chi connectivity index (χ0) is 22.5. The number of nitrogens with one attached hydrogen (secondary N) is 3. The quantitative estimate of drug-likeness (QED) is 0.370. The Morgan fingerprint density at radius 2 is 1.71 bits per heavy atom. The maximum absolute atomic E-state index is 12.7. The van der Waals surface area contributed by atoms with Crippen molar-refractivity contribution in [1.82, 2.24) is 10.7 Å². The maximum Gasteiger partial charge on any atom is 0.335 e. The predicted molar refractivity (Wildman–Crippen MR) is 113 cm³/mol. The van der Waals surface area contributed by atoms with Crippen LogP contribution in [0.1, 0.15) is 17.3 Å². The van der Waals surface area contributed by atoms with Gasteiger partial charge in [0.25, 0.3) is 11.8 Å². The van der Waals surface area contributed by atoms with E-state index in [0.717, 1.165) is 11.1 Å². The number of barbiturate groups is 1. The Labute approximate surface area is 181 Å². The molecule has 0 saturated carbocycles. The second-order valence-electron chi connectivity index (χ2n) is 6.40. The lowest BCUT2D eigenvalue weighted by molar-refractivity contribution is -0.131. The minimum absolute atomic E-state index is 0.223. The zero-order valence-corrected chi connectivity index (χ0v) is 16.8. The van der Waals surface area contributed by atoms with E-state index in [1.54, 1.807) is 0 Å². The van der Waals surface area contributed by atoms with Gasteiger partial charge in [0.15, 0.2) is 5.92 Å². The molecule has 2 aromatic carbocycles. The first-order valence-corrected chi connectivity index (χ1v) is 9.29. The molecular weight excluding hydrogens is 426 g/mol. The van der Waals surface area contributed by atoms with Crippen molar-refractivity contribution < 1.29 is 24.0 Å². The third kappa shape index (κ3) is 5.11. The van der Waals surface area contributed by atoms with E-state index in [0.29, 0.717) is 10.7 Å². The van der Waals surface area contributed by atoms with Crippen molar-refractivity contribution in [3.8, 4) is 0 Å². The van der Waals surface area contributed by atoms with Gasteiger partial charge in [0.05, 0.1) is 5.69 Å². The molecule has 0 radical (unpaired) electrons. The van der Waals surface area contributed by atoms with E-state index in [1.807, 2.05) is 0 Å². The summed E-state index contributed by atoms with van der Waals surface area (Å²) in [5.74, 6) is -3.95. The van der Waals surface area contributed by atoms with Crippen LogP contribution in [0.25, 0.3) is 0 Å². The normalized spacial score (nSPS) is 16.3. The molecule has 10 nitrogen and oxygen atoms in total. The summed E-state index contributed by atoms with van der Waals surface area (Å²) < 4.78 is 0. The third-order valence-corrected chi connectivity index (χ3v) is 4.40. The van der Waals surface area contributed by atoms with Crippen LogP contribution in [0.4, 0.5) is 16.2 Å². The molecule has 0 spiro atoms. The number of benzene rings is 2. The van der Waals surface area contributed by atoms with E-state index in [2.05, 4.69) is 21.2 Å². The van der Waals surface area contributed by atoms with Crippen LogP contribution < -0.4 is 21.0 Å². The summed E-state index contributed by atoms with van der Waals surface area (Å²) in [5, 5.41) is 8.73. The Balaban J connectivity index is 1.68. The smallest absolute Gasteiger partial charge is 0.326 e. The number of amides is 6. The molecule has 1 fully saturated rings. The molecule has 1 atom stereocenters. The van der Waals surface area contributed by atoms with Crippen molar-refractivity contribution in [1.29, 1.82) is 0 Å². The van der Waals surface area contributed by atoms with Gasteiger partial charge in [-0.25, -0.2) is 15.1 Å². The maximum atomic E-state index is 12.7. The van der Waals surface area contributed by atoms with Crippen molar-refractivity contribution in [2.75, 3.05) is 10.2 Å². The number of halogens is 1. The number of carbonyl (C=O) groups is 5. The lowest BCUT2D eigenvalue weighted by atomic mass is 10.1. The van der Waals surface area contributed by atoms with Gasteiger partial charge in [0.1, 0.15) is 0 Å². The molecule has 1 aliphatic heterocycles. The van der Waals surface area contributed by atoms with E-state index in [9.17, 15) is 24.0 Å². The fraction of sp³-hybridized carbons (Fsp3) is 0.100. The average Bonchev–Trinajstić information content (AvgIpc) is 2.71. The number of anilines is 2. The minimum Gasteiger partial charge on any atom is -0.326 e. The lowest BCUT2D eigenvalue weighted by Gasteiger charge is -2.28. The monoisotopic (exact) mass is 441 g/mol. The highest BCUT2D eigenvalue weighted by atomic mass is 35.5. The summed E-state index contributed by atoms with van der Waals surface area (Å²) in [6.07, 6.45) is 0.941. The van der Waals surface area contributed by atoms with Gasteiger partial charge < -0.3 is 5.32 Å². The van der Waals surface area contributed by atoms with Crippen molar-refractivity contribution in [3.63, 3.8) is 0 Å². The first-order chi connectivity index (χ1) is 14.8. The molecule has 1 saturated heterocycles. The molecule has 6 amide bonds. The molecule has 3 N–H and O–H groups in total. The molecule has 1 heterocycles. The summed E-state index contributed by atoms with van der Waals surface area (Å²) in [5.41, 5.74) is 3.19. The summed E-state index contributed by atoms with van der Waals surface area (Å²) in [4.78, 5) is 60.9. The Kier molecular flexibility index (Phi) is 6.41. The van der Waals surface area contributed by atoms with Crippen molar-refractivity contribution >= 4 is 58.9 Å². The van der Waals surface area contributed by atoms with Crippen LogP contribution in [0.3, 0.4) is 0 Å². The highest BCUT2D eigenvalue weighted by Gasteiger charge is 2.40. The number of nitrogens with zero attached hydrogens (tertiary/aromatic N) is 2. The Morgan fingerprint density at radius 3 is 2.32 bits per heavy atom. The number of hydrazone groups is 1. The summed E-state index contributed by atoms with van der Waals surface area (Å²) >= 11 is 5.82. The average molecular weight is 442 g/mol. The third-order valence-electron chi connectivity index (χ3n) is 4.14. The van der Waals surface area contributed by atoms with Gasteiger partial charge in [-0.15, -0.1) is 0 Å². The second-order valence-corrected chi connectivity index (χ2v) is 6.84. The van der Waals surface area contributed by atoms with Crippen LogP contribution in [0.2, 0.25) is 5.02 Å². The molecule has 11 heteroatoms. The molecule has 0 aliphatic carbocycles. The number of carbonyl (C=O) groups excluding carboxylic acids is 5.